The smallest absolute Gasteiger partial charge is 0.269 e. The van der Waals surface area contributed by atoms with Crippen LogP contribution in [0.25, 0.3) is 0 Å². The fourth-order valence-electron chi connectivity index (χ4n) is 3.32. The Morgan fingerprint density at radius 2 is 1.92 bits per heavy atom. The number of benzene rings is 1. The Balaban J connectivity index is 1.51. The normalized spacial score (nSPS) is 23.1. The molecule has 24 heavy (non-hydrogen) atoms. The molecule has 0 bridgehead atoms. The van der Waals surface area contributed by atoms with Crippen LogP contribution in [0.1, 0.15) is 73.6 Å². The molecular formula is C20H25N3O. The molecule has 2 atom stereocenters. The van der Waals surface area contributed by atoms with E-state index in [9.17, 15) is 4.79 Å². The Bertz CT molecular complexity index is 753. The molecule has 1 heterocycles. The van der Waals surface area contributed by atoms with Gasteiger partial charge in [0.1, 0.15) is 5.69 Å². The summed E-state index contributed by atoms with van der Waals surface area (Å²) in [5.41, 5.74) is 2.89. The van der Waals surface area contributed by atoms with Gasteiger partial charge in [0, 0.05) is 17.9 Å². The SMILES string of the molecule is CC(C)(C)n1nc(C2CC2)cc1C(=O)N[C@@H]1C[C@H]1c1ccccc1. The van der Waals surface area contributed by atoms with Crippen molar-refractivity contribution in [2.75, 3.05) is 0 Å². The highest BCUT2D eigenvalue weighted by Gasteiger charge is 2.40. The van der Waals surface area contributed by atoms with Gasteiger partial charge in [0.05, 0.1) is 11.2 Å². The third-order valence-corrected chi connectivity index (χ3v) is 4.93. The molecule has 1 amide bonds. The van der Waals surface area contributed by atoms with E-state index in [4.69, 9.17) is 5.10 Å². The molecule has 1 aromatic heterocycles. The third kappa shape index (κ3) is 2.97. The highest BCUT2D eigenvalue weighted by atomic mass is 16.2. The predicted molar refractivity (Wildman–Crippen MR) is 94.3 cm³/mol. The molecule has 1 N–H and O–H groups in total. The maximum Gasteiger partial charge on any atom is 0.269 e. The van der Waals surface area contributed by atoms with Crippen molar-refractivity contribution < 1.29 is 4.79 Å². The number of nitrogens with one attached hydrogen (secondary N) is 1. The number of nitrogens with zero attached hydrogens (tertiary/aromatic N) is 2. The molecule has 2 saturated carbocycles. The van der Waals surface area contributed by atoms with Gasteiger partial charge in [-0.25, -0.2) is 0 Å². The molecule has 0 saturated heterocycles. The lowest BCUT2D eigenvalue weighted by Crippen LogP contribution is -2.33. The molecule has 2 aliphatic rings. The molecule has 4 heteroatoms. The van der Waals surface area contributed by atoms with Gasteiger partial charge in [-0.3, -0.25) is 9.48 Å². The van der Waals surface area contributed by atoms with Crippen LogP contribution in [0, 0.1) is 0 Å². The first-order valence-corrected chi connectivity index (χ1v) is 8.90. The van der Waals surface area contributed by atoms with Crippen molar-refractivity contribution >= 4 is 5.91 Å². The van der Waals surface area contributed by atoms with E-state index in [0.717, 1.165) is 12.1 Å². The zero-order valence-electron chi connectivity index (χ0n) is 14.6. The largest absolute Gasteiger partial charge is 0.347 e. The lowest BCUT2D eigenvalue weighted by Gasteiger charge is -2.22. The van der Waals surface area contributed by atoms with Gasteiger partial charge in [-0.1, -0.05) is 30.3 Å². The number of aromatic nitrogens is 2. The maximum atomic E-state index is 12.8. The van der Waals surface area contributed by atoms with E-state index >= 15 is 0 Å². The van der Waals surface area contributed by atoms with Crippen LogP contribution in [0.5, 0.6) is 0 Å². The molecule has 1 aromatic carbocycles. The topological polar surface area (TPSA) is 46.9 Å². The van der Waals surface area contributed by atoms with Gasteiger partial charge in [-0.2, -0.15) is 5.10 Å². The monoisotopic (exact) mass is 323 g/mol. The minimum atomic E-state index is -0.192. The first kappa shape index (κ1) is 15.4. The molecule has 0 unspecified atom stereocenters. The summed E-state index contributed by atoms with van der Waals surface area (Å²) in [4.78, 5) is 12.8. The van der Waals surface area contributed by atoms with Gasteiger partial charge in [-0.05, 0) is 51.7 Å². The molecule has 0 aliphatic heterocycles. The number of carbonyl (C=O) groups excluding carboxylic acids is 1. The number of hydrogen-bond donors (Lipinski definition) is 1. The molecule has 2 aromatic rings. The van der Waals surface area contributed by atoms with Gasteiger partial charge in [0.2, 0.25) is 0 Å². The first-order valence-electron chi connectivity index (χ1n) is 8.90. The molecule has 0 radical (unpaired) electrons. The summed E-state index contributed by atoms with van der Waals surface area (Å²) in [5, 5.41) is 7.93. The van der Waals surface area contributed by atoms with E-state index in [1.807, 2.05) is 16.8 Å². The number of amides is 1. The molecule has 4 rings (SSSR count). The average molecular weight is 323 g/mol. The number of hydrogen-bond acceptors (Lipinski definition) is 2. The Morgan fingerprint density at radius 3 is 2.54 bits per heavy atom. The Morgan fingerprint density at radius 1 is 1.21 bits per heavy atom. The Labute approximate surface area is 143 Å². The van der Waals surface area contributed by atoms with Crippen molar-refractivity contribution in [2.24, 2.45) is 0 Å². The fourth-order valence-corrected chi connectivity index (χ4v) is 3.32. The van der Waals surface area contributed by atoms with Gasteiger partial charge < -0.3 is 5.32 Å². The van der Waals surface area contributed by atoms with Crippen LogP contribution < -0.4 is 5.32 Å². The van der Waals surface area contributed by atoms with E-state index in [1.165, 1.54) is 18.4 Å². The standard InChI is InChI=1S/C20H25N3O/c1-20(2,3)23-18(12-16(22-23)14-9-10-14)19(24)21-17-11-15(17)13-7-5-4-6-8-13/h4-8,12,14-15,17H,9-11H2,1-3H3,(H,21,24)/t15-,17+/m0/s1. The van der Waals surface area contributed by atoms with E-state index in [2.05, 4.69) is 50.4 Å². The molecule has 0 spiro atoms. The second-order valence-electron chi connectivity index (χ2n) is 8.14. The highest BCUT2D eigenvalue weighted by molar-refractivity contribution is 5.93. The van der Waals surface area contributed by atoms with Crippen LogP contribution in [-0.4, -0.2) is 21.7 Å². The summed E-state index contributed by atoms with van der Waals surface area (Å²) in [5.74, 6) is 1.01. The summed E-state index contributed by atoms with van der Waals surface area (Å²) in [6, 6.07) is 12.7. The van der Waals surface area contributed by atoms with Gasteiger partial charge in [0.15, 0.2) is 0 Å². The quantitative estimate of drug-likeness (QED) is 0.930. The van der Waals surface area contributed by atoms with E-state index in [-0.39, 0.29) is 17.5 Å². The maximum absolute atomic E-state index is 12.8. The molecule has 126 valence electrons. The summed E-state index contributed by atoms with van der Waals surface area (Å²) in [6.07, 6.45) is 3.41. The predicted octanol–water partition coefficient (Wildman–Crippen LogP) is 3.80. The average Bonchev–Trinajstić information content (AvgIpc) is 3.46. The highest BCUT2D eigenvalue weighted by Crippen LogP contribution is 2.42. The van der Waals surface area contributed by atoms with Gasteiger partial charge >= 0.3 is 0 Å². The molecular weight excluding hydrogens is 298 g/mol. The summed E-state index contributed by atoms with van der Waals surface area (Å²) in [6.45, 7) is 6.28. The lowest BCUT2D eigenvalue weighted by atomic mass is 10.1. The van der Waals surface area contributed by atoms with Gasteiger partial charge in [-0.15, -0.1) is 0 Å². The van der Waals surface area contributed by atoms with Crippen molar-refractivity contribution in [2.45, 2.75) is 63.5 Å². The number of rotatable bonds is 4. The van der Waals surface area contributed by atoms with E-state index in [0.29, 0.717) is 17.5 Å². The van der Waals surface area contributed by atoms with Crippen molar-refractivity contribution in [3.8, 4) is 0 Å². The van der Waals surface area contributed by atoms with Crippen LogP contribution in [0.15, 0.2) is 36.4 Å². The van der Waals surface area contributed by atoms with Crippen LogP contribution >= 0.6 is 0 Å². The van der Waals surface area contributed by atoms with Crippen molar-refractivity contribution in [3.05, 3.63) is 53.3 Å². The Hall–Kier alpha value is -2.10. The van der Waals surface area contributed by atoms with Crippen molar-refractivity contribution in [3.63, 3.8) is 0 Å². The van der Waals surface area contributed by atoms with Crippen LogP contribution in [-0.2, 0) is 5.54 Å². The zero-order valence-corrected chi connectivity index (χ0v) is 14.6. The Kier molecular flexibility index (Phi) is 3.52. The third-order valence-electron chi connectivity index (χ3n) is 4.93. The minimum absolute atomic E-state index is 0.00718. The van der Waals surface area contributed by atoms with E-state index in [1.54, 1.807) is 0 Å². The zero-order chi connectivity index (χ0) is 16.9. The minimum Gasteiger partial charge on any atom is -0.347 e. The second-order valence-corrected chi connectivity index (χ2v) is 8.14. The lowest BCUT2D eigenvalue weighted by molar-refractivity contribution is 0.0932. The van der Waals surface area contributed by atoms with Crippen molar-refractivity contribution in [1.82, 2.24) is 15.1 Å². The van der Waals surface area contributed by atoms with Gasteiger partial charge in [0.25, 0.3) is 5.91 Å². The fraction of sp³-hybridized carbons (Fsp3) is 0.500. The van der Waals surface area contributed by atoms with Crippen molar-refractivity contribution in [1.29, 1.82) is 0 Å². The summed E-state index contributed by atoms with van der Waals surface area (Å²) >= 11 is 0. The summed E-state index contributed by atoms with van der Waals surface area (Å²) < 4.78 is 1.90. The van der Waals surface area contributed by atoms with Crippen LogP contribution in [0.3, 0.4) is 0 Å². The number of carbonyl (C=O) groups is 1. The first-order chi connectivity index (χ1) is 11.4. The van der Waals surface area contributed by atoms with Crippen LogP contribution in [0.2, 0.25) is 0 Å². The van der Waals surface area contributed by atoms with Crippen LogP contribution in [0.4, 0.5) is 0 Å². The molecule has 2 fully saturated rings. The summed E-state index contributed by atoms with van der Waals surface area (Å²) in [7, 11) is 0. The molecule has 4 nitrogen and oxygen atoms in total. The second kappa shape index (κ2) is 5.47. The van der Waals surface area contributed by atoms with E-state index < -0.39 is 0 Å². The molecule has 2 aliphatic carbocycles.